The van der Waals surface area contributed by atoms with Crippen molar-refractivity contribution < 1.29 is 23.9 Å². The number of amides is 1. The average molecular weight is 576 g/mol. The third-order valence-electron chi connectivity index (χ3n) is 10.4. The van der Waals surface area contributed by atoms with Gasteiger partial charge in [0.05, 0.1) is 17.6 Å². The number of hydrazine groups is 1. The normalized spacial score (nSPS) is 30.7. The number of hydrogen-bond donors (Lipinski definition) is 3. The third kappa shape index (κ3) is 7.24. The topological polar surface area (TPSA) is 158 Å². The molecule has 12 heteroatoms. The number of aliphatic imine (C=N–C) groups is 1. The molecule has 5 aliphatic rings. The average Bonchev–Trinajstić information content (AvgIpc) is 3.26. The summed E-state index contributed by atoms with van der Waals surface area (Å²) in [6.45, 7) is 11.3. The minimum atomic E-state index is -0.763. The van der Waals surface area contributed by atoms with Crippen LogP contribution in [0, 0.1) is 45.1 Å². The van der Waals surface area contributed by atoms with E-state index in [1.54, 1.807) is 0 Å². The van der Waals surface area contributed by atoms with Crippen LogP contribution in [0.1, 0.15) is 105 Å². The predicted octanol–water partition coefficient (Wildman–Crippen LogP) is 3.82. The molecule has 4 aliphatic carbocycles. The lowest BCUT2D eigenvalue weighted by atomic mass is 9.43. The summed E-state index contributed by atoms with van der Waals surface area (Å²) in [5.41, 5.74) is 7.23. The molecule has 5 fully saturated rings. The van der Waals surface area contributed by atoms with Crippen molar-refractivity contribution >= 4 is 24.8 Å². The highest BCUT2D eigenvalue weighted by atomic mass is 16.7. The van der Waals surface area contributed by atoms with Crippen molar-refractivity contribution in [1.82, 2.24) is 10.7 Å². The van der Waals surface area contributed by atoms with E-state index in [0.717, 1.165) is 44.9 Å². The maximum absolute atomic E-state index is 13.8. The molecule has 0 spiro atoms. The molecule has 11 nitrogen and oxygen atoms in total. The van der Waals surface area contributed by atoms with Gasteiger partial charge in [-0.3, -0.25) is 9.59 Å². The van der Waals surface area contributed by atoms with Crippen molar-refractivity contribution in [2.24, 2.45) is 45.7 Å². The fourth-order valence-corrected chi connectivity index (χ4v) is 7.94. The van der Waals surface area contributed by atoms with E-state index in [4.69, 9.17) is 15.0 Å². The van der Waals surface area contributed by atoms with Crippen LogP contribution in [0.25, 0.3) is 0 Å². The number of carbonyl (C=O) groups is 2. The first-order chi connectivity index (χ1) is 19.3. The van der Waals surface area contributed by atoms with Crippen LogP contribution in [-0.4, -0.2) is 54.0 Å². The van der Waals surface area contributed by atoms with Crippen LogP contribution >= 0.6 is 0 Å². The van der Waals surface area contributed by atoms with Crippen LogP contribution in [0.3, 0.4) is 0 Å². The zero-order valence-corrected chi connectivity index (χ0v) is 25.5. The van der Waals surface area contributed by atoms with Gasteiger partial charge in [0.15, 0.2) is 5.03 Å². The molecule has 1 amide bonds. The Labute approximate surface area is 244 Å². The molecule has 1 heterocycles. The molecule has 0 aromatic heterocycles. The Morgan fingerprint density at radius 1 is 1.17 bits per heavy atom. The predicted molar refractivity (Wildman–Crippen MR) is 157 cm³/mol. The standard InChI is InChI=1S/C29H50BN5O6/c1-18(2)14-25(30-40-24-17-21-16-23(28(21,3)4)29(24,5)41-30)33-26(37)20(12-9-13-32-27(31)34-35(38)39)15-22(36)19-10-7-6-8-11-19/h18-21,23-25H,6-17H2,1-5H3,(H,33,37)(H3,31,32,34)/t20-,21-,23-,24-,25+,29+/m1/s1. The first-order valence-electron chi connectivity index (χ1n) is 15.7. The summed E-state index contributed by atoms with van der Waals surface area (Å²) in [6.07, 6.45) is 8.98. The molecule has 5 rings (SSSR count). The Balaban J connectivity index is 1.43. The van der Waals surface area contributed by atoms with Crippen molar-refractivity contribution in [3.8, 4) is 0 Å². The summed E-state index contributed by atoms with van der Waals surface area (Å²) in [6, 6.07) is 0. The maximum Gasteiger partial charge on any atom is 0.481 e. The number of hydrogen-bond acceptors (Lipinski definition) is 7. The van der Waals surface area contributed by atoms with E-state index in [1.807, 2.05) is 5.43 Å². The van der Waals surface area contributed by atoms with Crippen LogP contribution in [0.2, 0.25) is 0 Å². The van der Waals surface area contributed by atoms with Crippen molar-refractivity contribution in [2.75, 3.05) is 6.54 Å². The van der Waals surface area contributed by atoms with Gasteiger partial charge in [-0.25, -0.2) is 15.1 Å². The molecule has 0 aromatic rings. The zero-order chi connectivity index (χ0) is 29.9. The summed E-state index contributed by atoms with van der Waals surface area (Å²) in [7, 11) is -0.529. The SMILES string of the molecule is CC(C)C[C@H](NC(=O)[C@H](CCCN=C(N)N[N+](=O)[O-])CC(=O)C1CCCCC1)B1O[C@@H]2C[C@H]3C[C@H](C3(C)C)[C@]2(C)O1. The lowest BCUT2D eigenvalue weighted by Crippen LogP contribution is -2.65. The minimum Gasteiger partial charge on any atom is -0.404 e. The van der Waals surface area contributed by atoms with Crippen molar-refractivity contribution in [3.63, 3.8) is 0 Å². The zero-order valence-electron chi connectivity index (χ0n) is 25.5. The van der Waals surface area contributed by atoms with E-state index >= 15 is 0 Å². The molecule has 2 bridgehead atoms. The molecule has 0 unspecified atom stereocenters. The monoisotopic (exact) mass is 575 g/mol. The second-order valence-corrected chi connectivity index (χ2v) is 14.1. The van der Waals surface area contributed by atoms with Gasteiger partial charge >= 0.3 is 7.12 Å². The Kier molecular flexibility index (Phi) is 10.0. The number of rotatable bonds is 13. The minimum absolute atomic E-state index is 0.0166. The molecular weight excluding hydrogens is 525 g/mol. The van der Waals surface area contributed by atoms with E-state index in [1.165, 1.54) is 0 Å². The van der Waals surface area contributed by atoms with Gasteiger partial charge in [0.2, 0.25) is 5.91 Å². The van der Waals surface area contributed by atoms with E-state index in [2.05, 4.69) is 44.9 Å². The van der Waals surface area contributed by atoms with E-state index < -0.39 is 18.1 Å². The molecule has 1 saturated heterocycles. The van der Waals surface area contributed by atoms with Crippen LogP contribution in [0.15, 0.2) is 4.99 Å². The number of guanidine groups is 1. The van der Waals surface area contributed by atoms with Crippen molar-refractivity contribution in [2.45, 2.75) is 123 Å². The van der Waals surface area contributed by atoms with Crippen molar-refractivity contribution in [1.29, 1.82) is 0 Å². The van der Waals surface area contributed by atoms with Gasteiger partial charge in [-0.15, -0.1) is 0 Å². The van der Waals surface area contributed by atoms with Gasteiger partial charge in [0, 0.05) is 24.8 Å². The quantitative estimate of drug-likeness (QED) is 0.0747. The fourth-order valence-electron chi connectivity index (χ4n) is 7.94. The highest BCUT2D eigenvalue weighted by Crippen LogP contribution is 2.65. The summed E-state index contributed by atoms with van der Waals surface area (Å²) in [5, 5.41) is 13.1. The van der Waals surface area contributed by atoms with Gasteiger partial charge in [-0.2, -0.15) is 0 Å². The maximum atomic E-state index is 13.8. The first-order valence-corrected chi connectivity index (χ1v) is 15.7. The summed E-state index contributed by atoms with van der Waals surface area (Å²) >= 11 is 0. The Morgan fingerprint density at radius 3 is 2.51 bits per heavy atom. The van der Waals surface area contributed by atoms with Gasteiger partial charge in [-0.1, -0.05) is 52.4 Å². The number of nitrogens with one attached hydrogen (secondary N) is 2. The van der Waals surface area contributed by atoms with Gasteiger partial charge < -0.3 is 20.4 Å². The molecular formula is C29H50BN5O6. The molecule has 6 atom stereocenters. The molecule has 230 valence electrons. The summed E-state index contributed by atoms with van der Waals surface area (Å²) in [4.78, 5) is 41.6. The molecule has 41 heavy (non-hydrogen) atoms. The third-order valence-corrected chi connectivity index (χ3v) is 10.4. The fraction of sp³-hybridized carbons (Fsp3) is 0.897. The van der Waals surface area contributed by atoms with Crippen molar-refractivity contribution in [3.05, 3.63) is 10.1 Å². The van der Waals surface area contributed by atoms with Crippen LogP contribution in [-0.2, 0) is 18.9 Å². The van der Waals surface area contributed by atoms with E-state index in [0.29, 0.717) is 37.0 Å². The first kappa shape index (κ1) is 31.7. The van der Waals surface area contributed by atoms with E-state index in [9.17, 15) is 19.7 Å². The smallest absolute Gasteiger partial charge is 0.404 e. The summed E-state index contributed by atoms with van der Waals surface area (Å²) < 4.78 is 13.3. The number of nitro groups is 1. The van der Waals surface area contributed by atoms with E-state index in [-0.39, 0.29) is 59.6 Å². The number of nitrogens with two attached hydrogens (primary N) is 1. The van der Waals surface area contributed by atoms with Crippen LogP contribution in [0.5, 0.6) is 0 Å². The number of ketones is 1. The summed E-state index contributed by atoms with van der Waals surface area (Å²) in [5.74, 6) is 0.244. The largest absolute Gasteiger partial charge is 0.481 e. The lowest BCUT2D eigenvalue weighted by molar-refractivity contribution is -0.525. The lowest BCUT2D eigenvalue weighted by Gasteiger charge is -2.64. The number of Topliss-reactive ketones (excluding diaryl/α,β-unsaturated/α-hetero) is 1. The molecule has 0 aromatic carbocycles. The second kappa shape index (κ2) is 13.0. The van der Waals surface area contributed by atoms with Crippen LogP contribution < -0.4 is 16.5 Å². The number of nitrogens with zero attached hydrogens (tertiary/aromatic N) is 2. The number of carbonyl (C=O) groups excluding carboxylic acids is 2. The molecule has 1 aliphatic heterocycles. The molecule has 0 radical (unpaired) electrons. The second-order valence-electron chi connectivity index (χ2n) is 14.1. The Hall–Kier alpha value is -2.21. The highest BCUT2D eigenvalue weighted by Gasteiger charge is 2.68. The van der Waals surface area contributed by atoms with Gasteiger partial charge in [0.25, 0.3) is 5.96 Å². The van der Waals surface area contributed by atoms with Crippen LogP contribution in [0.4, 0.5) is 0 Å². The Morgan fingerprint density at radius 2 is 1.88 bits per heavy atom. The molecule has 4 N–H and O–H groups in total. The van der Waals surface area contributed by atoms with Gasteiger partial charge in [-0.05, 0) is 75.0 Å². The highest BCUT2D eigenvalue weighted by molar-refractivity contribution is 6.47. The Bertz CT molecular complexity index is 1000. The molecule has 4 saturated carbocycles. The van der Waals surface area contributed by atoms with Gasteiger partial charge in [0.1, 0.15) is 5.78 Å².